The lowest BCUT2D eigenvalue weighted by Gasteiger charge is -2.10. The largest absolute Gasteiger partial charge is 0.423 e. The van der Waals surface area contributed by atoms with Crippen molar-refractivity contribution in [2.75, 3.05) is 0 Å². The lowest BCUT2D eigenvalue weighted by molar-refractivity contribution is 0.557. The predicted octanol–water partition coefficient (Wildman–Crippen LogP) is 3.42. The Kier molecular flexibility index (Phi) is 4.06. The first-order chi connectivity index (χ1) is 12.5. The zero-order valence-corrected chi connectivity index (χ0v) is 14.5. The maximum absolute atomic E-state index is 12.5. The van der Waals surface area contributed by atoms with Gasteiger partial charge in [-0.25, -0.2) is 17.9 Å². The van der Waals surface area contributed by atoms with E-state index in [1.54, 1.807) is 24.3 Å². The zero-order chi connectivity index (χ0) is 18.1. The molecule has 0 radical (unpaired) electrons. The Bertz CT molecular complexity index is 1260. The van der Waals surface area contributed by atoms with Crippen molar-refractivity contribution in [1.29, 1.82) is 0 Å². The summed E-state index contributed by atoms with van der Waals surface area (Å²) in [4.78, 5) is 12.1. The van der Waals surface area contributed by atoms with Gasteiger partial charge in [0, 0.05) is 18.0 Å². The monoisotopic (exact) mass is 365 g/mol. The van der Waals surface area contributed by atoms with Gasteiger partial charge in [0.15, 0.2) is 0 Å². The predicted molar refractivity (Wildman–Crippen MR) is 100 cm³/mol. The third kappa shape index (κ3) is 3.00. The molecular weight excluding hydrogens is 350 g/mol. The molecular formula is C20H15NO4S. The topological polar surface area (TPSA) is 76.4 Å². The van der Waals surface area contributed by atoms with Crippen LogP contribution in [-0.4, -0.2) is 8.42 Å². The SMILES string of the molecule is O=c1cc(CNS(=O)(=O)c2ccccc2)c2c(ccc3ccccc32)o1. The van der Waals surface area contributed by atoms with Gasteiger partial charge in [-0.15, -0.1) is 0 Å². The van der Waals surface area contributed by atoms with E-state index in [0.29, 0.717) is 11.1 Å². The molecule has 0 atom stereocenters. The summed E-state index contributed by atoms with van der Waals surface area (Å²) < 4.78 is 32.8. The summed E-state index contributed by atoms with van der Waals surface area (Å²) >= 11 is 0. The van der Waals surface area contributed by atoms with E-state index in [1.165, 1.54) is 18.2 Å². The van der Waals surface area contributed by atoms with Crippen LogP contribution in [0.25, 0.3) is 21.7 Å². The van der Waals surface area contributed by atoms with Crippen LogP contribution in [0.2, 0.25) is 0 Å². The molecule has 0 aliphatic rings. The number of nitrogens with one attached hydrogen (secondary N) is 1. The maximum Gasteiger partial charge on any atom is 0.336 e. The molecule has 130 valence electrons. The molecule has 4 aromatic rings. The van der Waals surface area contributed by atoms with Gasteiger partial charge in [-0.05, 0) is 34.5 Å². The Balaban J connectivity index is 1.81. The third-order valence-corrected chi connectivity index (χ3v) is 5.64. The minimum absolute atomic E-state index is 0.00661. The van der Waals surface area contributed by atoms with Crippen LogP contribution in [0.5, 0.6) is 0 Å². The van der Waals surface area contributed by atoms with E-state index in [1.807, 2.05) is 30.3 Å². The van der Waals surface area contributed by atoms with Gasteiger partial charge in [0.25, 0.3) is 0 Å². The summed E-state index contributed by atoms with van der Waals surface area (Å²) in [5.74, 6) is 0. The Hall–Kier alpha value is -2.96. The van der Waals surface area contributed by atoms with Gasteiger partial charge in [-0.3, -0.25) is 0 Å². The molecule has 0 saturated carbocycles. The highest BCUT2D eigenvalue weighted by atomic mass is 32.2. The Morgan fingerprint density at radius 2 is 1.62 bits per heavy atom. The number of benzene rings is 3. The van der Waals surface area contributed by atoms with Crippen molar-refractivity contribution >= 4 is 31.8 Å². The molecule has 1 aromatic heterocycles. The highest BCUT2D eigenvalue weighted by Crippen LogP contribution is 2.27. The highest BCUT2D eigenvalue weighted by molar-refractivity contribution is 7.89. The standard InChI is InChI=1S/C20H15NO4S/c22-19-12-15(13-21-26(23,24)16-7-2-1-3-8-16)20-17-9-5-4-6-14(17)10-11-18(20)25-19/h1-12,21H,13H2. The fourth-order valence-electron chi connectivity index (χ4n) is 3.02. The van der Waals surface area contributed by atoms with E-state index in [4.69, 9.17) is 4.42 Å². The highest BCUT2D eigenvalue weighted by Gasteiger charge is 2.15. The Morgan fingerprint density at radius 3 is 2.42 bits per heavy atom. The Labute approximate surface area is 149 Å². The van der Waals surface area contributed by atoms with E-state index in [9.17, 15) is 13.2 Å². The van der Waals surface area contributed by atoms with E-state index in [-0.39, 0.29) is 11.4 Å². The average Bonchev–Trinajstić information content (AvgIpc) is 2.66. The van der Waals surface area contributed by atoms with Crippen LogP contribution in [0, 0.1) is 0 Å². The molecule has 0 spiro atoms. The zero-order valence-electron chi connectivity index (χ0n) is 13.7. The second kappa shape index (κ2) is 6.40. The van der Waals surface area contributed by atoms with Gasteiger partial charge in [0.1, 0.15) is 5.58 Å². The summed E-state index contributed by atoms with van der Waals surface area (Å²) in [6.07, 6.45) is 0. The molecule has 1 N–H and O–H groups in total. The number of hydrogen-bond acceptors (Lipinski definition) is 4. The summed E-state index contributed by atoms with van der Waals surface area (Å²) in [5, 5.41) is 2.63. The summed E-state index contributed by atoms with van der Waals surface area (Å²) in [5.41, 5.74) is 0.499. The van der Waals surface area contributed by atoms with Gasteiger partial charge >= 0.3 is 5.63 Å². The normalized spacial score (nSPS) is 11.8. The molecule has 0 unspecified atom stereocenters. The van der Waals surface area contributed by atoms with Crippen LogP contribution in [0.4, 0.5) is 0 Å². The van der Waals surface area contributed by atoms with Crippen molar-refractivity contribution in [1.82, 2.24) is 4.72 Å². The van der Waals surface area contributed by atoms with Crippen LogP contribution < -0.4 is 10.3 Å². The van der Waals surface area contributed by atoms with Gasteiger partial charge in [-0.1, -0.05) is 48.5 Å². The molecule has 0 amide bonds. The van der Waals surface area contributed by atoms with Gasteiger partial charge in [0.05, 0.1) is 4.90 Å². The Morgan fingerprint density at radius 1 is 0.885 bits per heavy atom. The van der Waals surface area contributed by atoms with Gasteiger partial charge in [0.2, 0.25) is 10.0 Å². The molecule has 0 fully saturated rings. The number of fused-ring (bicyclic) bond motifs is 3. The molecule has 0 saturated heterocycles. The molecule has 4 rings (SSSR count). The molecule has 0 aliphatic carbocycles. The molecule has 5 nitrogen and oxygen atoms in total. The smallest absolute Gasteiger partial charge is 0.336 e. The minimum Gasteiger partial charge on any atom is -0.423 e. The van der Waals surface area contributed by atoms with Crippen molar-refractivity contribution in [3.8, 4) is 0 Å². The maximum atomic E-state index is 12.5. The fourth-order valence-corrected chi connectivity index (χ4v) is 4.04. The van der Waals surface area contributed by atoms with Crippen LogP contribution in [-0.2, 0) is 16.6 Å². The van der Waals surface area contributed by atoms with Gasteiger partial charge < -0.3 is 4.42 Å². The molecule has 1 heterocycles. The molecule has 6 heteroatoms. The summed E-state index contributed by atoms with van der Waals surface area (Å²) in [6, 6.07) is 20.8. The fraction of sp³-hybridized carbons (Fsp3) is 0.0500. The van der Waals surface area contributed by atoms with E-state index in [2.05, 4.69) is 4.72 Å². The first-order valence-electron chi connectivity index (χ1n) is 8.04. The minimum atomic E-state index is -3.68. The van der Waals surface area contributed by atoms with Crippen molar-refractivity contribution in [3.05, 3.63) is 88.8 Å². The summed E-state index contributed by atoms with van der Waals surface area (Å²) in [6.45, 7) is -0.00661. The first kappa shape index (κ1) is 16.5. The molecule has 3 aromatic carbocycles. The quantitative estimate of drug-likeness (QED) is 0.444. The van der Waals surface area contributed by atoms with Gasteiger partial charge in [-0.2, -0.15) is 0 Å². The van der Waals surface area contributed by atoms with E-state index < -0.39 is 15.6 Å². The van der Waals surface area contributed by atoms with E-state index >= 15 is 0 Å². The summed E-state index contributed by atoms with van der Waals surface area (Å²) in [7, 11) is -3.68. The number of hydrogen-bond donors (Lipinski definition) is 1. The second-order valence-electron chi connectivity index (χ2n) is 5.89. The van der Waals surface area contributed by atoms with Crippen LogP contribution in [0.3, 0.4) is 0 Å². The molecule has 0 bridgehead atoms. The first-order valence-corrected chi connectivity index (χ1v) is 9.52. The van der Waals surface area contributed by atoms with Crippen molar-refractivity contribution in [2.24, 2.45) is 0 Å². The third-order valence-electron chi connectivity index (χ3n) is 4.22. The lowest BCUT2D eigenvalue weighted by Crippen LogP contribution is -2.23. The van der Waals surface area contributed by atoms with Crippen molar-refractivity contribution in [3.63, 3.8) is 0 Å². The van der Waals surface area contributed by atoms with Crippen molar-refractivity contribution in [2.45, 2.75) is 11.4 Å². The number of sulfonamides is 1. The average molecular weight is 365 g/mol. The van der Waals surface area contributed by atoms with Crippen LogP contribution >= 0.6 is 0 Å². The lowest BCUT2D eigenvalue weighted by atomic mass is 10.0. The van der Waals surface area contributed by atoms with E-state index in [0.717, 1.165) is 16.2 Å². The number of rotatable bonds is 4. The molecule has 26 heavy (non-hydrogen) atoms. The van der Waals surface area contributed by atoms with Crippen LogP contribution in [0.1, 0.15) is 5.56 Å². The van der Waals surface area contributed by atoms with Crippen LogP contribution in [0.15, 0.2) is 86.9 Å². The second-order valence-corrected chi connectivity index (χ2v) is 7.66. The van der Waals surface area contributed by atoms with Crippen molar-refractivity contribution < 1.29 is 12.8 Å². The molecule has 0 aliphatic heterocycles.